The summed E-state index contributed by atoms with van der Waals surface area (Å²) in [5, 5.41) is 15.9. The lowest BCUT2D eigenvalue weighted by Crippen LogP contribution is -2.42. The molecule has 0 aromatic carbocycles. The Morgan fingerprint density at radius 2 is 2.20 bits per heavy atom. The fraction of sp³-hybridized carbons (Fsp3) is 0.500. The molecular weight excluding hydrogens is 200 g/mol. The second kappa shape index (κ2) is 7.32. The molecular formula is C8H12N4O3. The van der Waals surface area contributed by atoms with Gasteiger partial charge in [-0.15, -0.1) is 0 Å². The van der Waals surface area contributed by atoms with Crippen molar-refractivity contribution in [3.05, 3.63) is 0 Å². The lowest BCUT2D eigenvalue weighted by molar-refractivity contribution is -0.113. The zero-order valence-corrected chi connectivity index (χ0v) is 8.53. The molecule has 0 heterocycles. The van der Waals surface area contributed by atoms with Crippen molar-refractivity contribution in [2.75, 3.05) is 13.7 Å². The van der Waals surface area contributed by atoms with Crippen LogP contribution in [-0.2, 0) is 9.63 Å². The van der Waals surface area contributed by atoms with E-state index in [2.05, 4.69) is 15.3 Å². The van der Waals surface area contributed by atoms with Gasteiger partial charge in [-0.1, -0.05) is 12.1 Å². The summed E-state index contributed by atoms with van der Waals surface area (Å²) in [7, 11) is 1.20. The van der Waals surface area contributed by atoms with E-state index in [1.165, 1.54) is 13.2 Å². The SMILES string of the molecule is CCCNC(=O)NC(=O)C(C#N)=NOC. The fourth-order valence-electron chi connectivity index (χ4n) is 0.649. The Morgan fingerprint density at radius 3 is 2.67 bits per heavy atom. The van der Waals surface area contributed by atoms with Crippen LogP contribution in [0.1, 0.15) is 13.3 Å². The maximum absolute atomic E-state index is 11.1. The first-order chi connectivity index (χ1) is 7.15. The standard InChI is InChI=1S/C8H12N4O3/c1-3-4-10-8(14)11-7(13)6(5-9)12-15-2/h3-4H2,1-2H3,(H2,10,11,13,14). The molecule has 0 aromatic heterocycles. The summed E-state index contributed by atoms with van der Waals surface area (Å²) in [5.41, 5.74) is -0.510. The maximum Gasteiger partial charge on any atom is 0.321 e. The van der Waals surface area contributed by atoms with E-state index in [-0.39, 0.29) is 0 Å². The Bertz CT molecular complexity index is 305. The number of urea groups is 1. The molecule has 0 aliphatic rings. The average molecular weight is 212 g/mol. The van der Waals surface area contributed by atoms with E-state index in [1.807, 2.05) is 12.2 Å². The van der Waals surface area contributed by atoms with E-state index < -0.39 is 17.6 Å². The quantitative estimate of drug-likeness (QED) is 0.495. The molecule has 0 aromatic rings. The first-order valence-electron chi connectivity index (χ1n) is 4.26. The van der Waals surface area contributed by atoms with Crippen molar-refractivity contribution in [3.63, 3.8) is 0 Å². The van der Waals surface area contributed by atoms with Crippen molar-refractivity contribution >= 4 is 17.6 Å². The predicted molar refractivity (Wildman–Crippen MR) is 51.9 cm³/mol. The summed E-state index contributed by atoms with van der Waals surface area (Å²) in [6, 6.07) is 0.831. The van der Waals surface area contributed by atoms with Gasteiger partial charge in [0.1, 0.15) is 13.2 Å². The number of hydrogen-bond donors (Lipinski definition) is 2. The lowest BCUT2D eigenvalue weighted by Gasteiger charge is -2.03. The van der Waals surface area contributed by atoms with Gasteiger partial charge in [-0.25, -0.2) is 4.79 Å². The molecule has 0 saturated heterocycles. The number of amides is 3. The van der Waals surface area contributed by atoms with Gasteiger partial charge in [0.25, 0.3) is 5.91 Å². The van der Waals surface area contributed by atoms with E-state index >= 15 is 0 Å². The minimum absolute atomic E-state index is 0.447. The molecule has 0 fully saturated rings. The fourth-order valence-corrected chi connectivity index (χ4v) is 0.649. The lowest BCUT2D eigenvalue weighted by atomic mass is 10.4. The number of oxime groups is 1. The third-order valence-electron chi connectivity index (χ3n) is 1.27. The third-order valence-corrected chi connectivity index (χ3v) is 1.27. The number of hydrogen-bond acceptors (Lipinski definition) is 5. The van der Waals surface area contributed by atoms with Crippen molar-refractivity contribution in [2.45, 2.75) is 13.3 Å². The molecule has 0 atom stereocenters. The molecule has 2 N–H and O–H groups in total. The molecule has 3 amide bonds. The maximum atomic E-state index is 11.1. The Balaban J connectivity index is 4.18. The highest BCUT2D eigenvalue weighted by atomic mass is 16.6. The smallest absolute Gasteiger partial charge is 0.321 e. The number of nitrogens with zero attached hydrogens (tertiary/aromatic N) is 2. The van der Waals surface area contributed by atoms with E-state index in [9.17, 15) is 9.59 Å². The summed E-state index contributed by atoms with van der Waals surface area (Å²) < 4.78 is 0. The van der Waals surface area contributed by atoms with Gasteiger partial charge in [0.2, 0.25) is 5.71 Å². The highest BCUT2D eigenvalue weighted by molar-refractivity contribution is 6.46. The summed E-state index contributed by atoms with van der Waals surface area (Å²) in [6.07, 6.45) is 0.749. The topological polar surface area (TPSA) is 104 Å². The number of carbonyl (C=O) groups excluding carboxylic acids is 2. The Kier molecular flexibility index (Phi) is 6.29. The zero-order valence-electron chi connectivity index (χ0n) is 8.53. The van der Waals surface area contributed by atoms with Gasteiger partial charge < -0.3 is 10.2 Å². The highest BCUT2D eigenvalue weighted by Gasteiger charge is 2.14. The number of nitriles is 1. The van der Waals surface area contributed by atoms with Crippen LogP contribution >= 0.6 is 0 Å². The normalized spacial score (nSPS) is 10.1. The third kappa shape index (κ3) is 5.25. The second-order valence-electron chi connectivity index (χ2n) is 2.44. The van der Waals surface area contributed by atoms with Crippen LogP contribution in [0.5, 0.6) is 0 Å². The average Bonchev–Trinajstić information content (AvgIpc) is 2.22. The predicted octanol–water partition coefficient (Wildman–Crippen LogP) is -0.252. The minimum atomic E-state index is -0.895. The molecule has 0 spiro atoms. The molecule has 0 aliphatic carbocycles. The number of rotatable bonds is 4. The molecule has 0 radical (unpaired) electrons. The Labute approximate surface area is 87.1 Å². The molecule has 0 saturated carbocycles. The molecule has 0 unspecified atom stereocenters. The zero-order chi connectivity index (χ0) is 11.7. The van der Waals surface area contributed by atoms with Crippen molar-refractivity contribution < 1.29 is 14.4 Å². The van der Waals surface area contributed by atoms with E-state index in [4.69, 9.17) is 5.26 Å². The number of imide groups is 1. The molecule has 0 rings (SSSR count). The Morgan fingerprint density at radius 1 is 1.53 bits per heavy atom. The molecule has 7 heteroatoms. The van der Waals surface area contributed by atoms with E-state index in [1.54, 1.807) is 0 Å². The van der Waals surface area contributed by atoms with Crippen LogP contribution < -0.4 is 10.6 Å². The van der Waals surface area contributed by atoms with Crippen LogP contribution in [0.15, 0.2) is 5.16 Å². The van der Waals surface area contributed by atoms with Gasteiger partial charge in [-0.3, -0.25) is 10.1 Å². The van der Waals surface area contributed by atoms with E-state index in [0.717, 1.165) is 6.42 Å². The first-order valence-corrected chi connectivity index (χ1v) is 4.26. The summed E-state index contributed by atoms with van der Waals surface area (Å²) in [4.78, 5) is 26.4. The van der Waals surface area contributed by atoms with Crippen LogP contribution in [-0.4, -0.2) is 31.3 Å². The second-order valence-corrected chi connectivity index (χ2v) is 2.44. The number of carbonyl (C=O) groups is 2. The molecule has 82 valence electrons. The van der Waals surface area contributed by atoms with Crippen molar-refractivity contribution in [1.82, 2.24) is 10.6 Å². The minimum Gasteiger partial charge on any atom is -0.398 e. The molecule has 7 nitrogen and oxygen atoms in total. The van der Waals surface area contributed by atoms with Crippen molar-refractivity contribution in [1.29, 1.82) is 5.26 Å². The highest BCUT2D eigenvalue weighted by Crippen LogP contribution is 1.80. The van der Waals surface area contributed by atoms with Crippen molar-refractivity contribution in [2.24, 2.45) is 5.16 Å². The van der Waals surface area contributed by atoms with Crippen LogP contribution in [0.4, 0.5) is 4.79 Å². The van der Waals surface area contributed by atoms with Gasteiger partial charge in [0, 0.05) is 6.54 Å². The Hall–Kier alpha value is -2.10. The van der Waals surface area contributed by atoms with Gasteiger partial charge in [0.05, 0.1) is 0 Å². The van der Waals surface area contributed by atoms with E-state index in [0.29, 0.717) is 6.54 Å². The van der Waals surface area contributed by atoms with Crippen LogP contribution in [0.25, 0.3) is 0 Å². The summed E-state index contributed by atoms with van der Waals surface area (Å²) >= 11 is 0. The largest absolute Gasteiger partial charge is 0.398 e. The van der Waals surface area contributed by atoms with Gasteiger partial charge in [-0.05, 0) is 6.42 Å². The molecule has 0 aliphatic heterocycles. The summed E-state index contributed by atoms with van der Waals surface area (Å²) in [6.45, 7) is 2.32. The van der Waals surface area contributed by atoms with Crippen LogP contribution in [0.3, 0.4) is 0 Å². The molecule has 15 heavy (non-hydrogen) atoms. The first kappa shape index (κ1) is 12.9. The van der Waals surface area contributed by atoms with Crippen LogP contribution in [0, 0.1) is 11.3 Å². The molecule has 0 bridgehead atoms. The number of nitrogens with one attached hydrogen (secondary N) is 2. The van der Waals surface area contributed by atoms with Crippen LogP contribution in [0.2, 0.25) is 0 Å². The van der Waals surface area contributed by atoms with Crippen molar-refractivity contribution in [3.8, 4) is 6.07 Å². The summed E-state index contributed by atoms with van der Waals surface area (Å²) in [5.74, 6) is -0.895. The van der Waals surface area contributed by atoms with Gasteiger partial charge in [0.15, 0.2) is 0 Å². The van der Waals surface area contributed by atoms with Gasteiger partial charge in [-0.2, -0.15) is 5.26 Å². The van der Waals surface area contributed by atoms with Gasteiger partial charge >= 0.3 is 6.03 Å². The monoisotopic (exact) mass is 212 g/mol.